The highest BCUT2D eigenvalue weighted by Gasteiger charge is 2.20. The summed E-state index contributed by atoms with van der Waals surface area (Å²) in [6, 6.07) is 3.80. The first-order chi connectivity index (χ1) is 9.97. The summed E-state index contributed by atoms with van der Waals surface area (Å²) < 4.78 is 0. The van der Waals surface area contributed by atoms with Crippen LogP contribution in [0.5, 0.6) is 0 Å². The van der Waals surface area contributed by atoms with Gasteiger partial charge in [-0.25, -0.2) is 4.79 Å². The molecule has 0 aromatic heterocycles. The zero-order chi connectivity index (χ0) is 15.4. The van der Waals surface area contributed by atoms with Gasteiger partial charge < -0.3 is 15.3 Å². The van der Waals surface area contributed by atoms with Crippen LogP contribution in [0.25, 0.3) is 0 Å². The SMILES string of the molecule is CC(CN1CCCC1)Nc1cc(C(=O)O)ccc1[N+](=O)[O-]. The molecule has 1 atom stereocenters. The summed E-state index contributed by atoms with van der Waals surface area (Å²) in [6.45, 7) is 4.82. The number of carbonyl (C=O) groups is 1. The van der Waals surface area contributed by atoms with Crippen molar-refractivity contribution in [2.24, 2.45) is 0 Å². The van der Waals surface area contributed by atoms with Gasteiger partial charge in [0.2, 0.25) is 0 Å². The smallest absolute Gasteiger partial charge is 0.335 e. The van der Waals surface area contributed by atoms with E-state index in [1.54, 1.807) is 0 Å². The summed E-state index contributed by atoms with van der Waals surface area (Å²) in [4.78, 5) is 23.8. The third kappa shape index (κ3) is 3.91. The third-order valence-electron chi connectivity index (χ3n) is 3.57. The van der Waals surface area contributed by atoms with Gasteiger partial charge >= 0.3 is 5.97 Å². The first kappa shape index (κ1) is 15.2. The largest absolute Gasteiger partial charge is 0.478 e. The lowest BCUT2D eigenvalue weighted by atomic mass is 10.1. The van der Waals surface area contributed by atoms with Crippen LogP contribution in [-0.4, -0.2) is 46.6 Å². The van der Waals surface area contributed by atoms with Crippen LogP contribution in [0.1, 0.15) is 30.1 Å². The van der Waals surface area contributed by atoms with Crippen molar-refractivity contribution in [1.29, 1.82) is 0 Å². The molecule has 1 heterocycles. The van der Waals surface area contributed by atoms with Gasteiger partial charge in [-0.3, -0.25) is 10.1 Å². The van der Waals surface area contributed by atoms with E-state index in [2.05, 4.69) is 10.2 Å². The monoisotopic (exact) mass is 293 g/mol. The Labute approximate surface area is 122 Å². The van der Waals surface area contributed by atoms with Gasteiger partial charge in [0.05, 0.1) is 10.5 Å². The highest BCUT2D eigenvalue weighted by atomic mass is 16.6. The van der Waals surface area contributed by atoms with Gasteiger partial charge in [-0.2, -0.15) is 0 Å². The number of aromatic carboxylic acids is 1. The molecule has 1 aliphatic rings. The Morgan fingerprint density at radius 3 is 2.71 bits per heavy atom. The van der Waals surface area contributed by atoms with E-state index in [0.29, 0.717) is 0 Å². The fourth-order valence-electron chi connectivity index (χ4n) is 2.61. The Balaban J connectivity index is 2.13. The number of hydrogen-bond acceptors (Lipinski definition) is 5. The van der Waals surface area contributed by atoms with Gasteiger partial charge in [0, 0.05) is 18.7 Å². The van der Waals surface area contributed by atoms with E-state index in [1.165, 1.54) is 31.0 Å². The van der Waals surface area contributed by atoms with Crippen molar-refractivity contribution >= 4 is 17.3 Å². The Morgan fingerprint density at radius 1 is 1.48 bits per heavy atom. The molecule has 114 valence electrons. The molecular weight excluding hydrogens is 274 g/mol. The van der Waals surface area contributed by atoms with E-state index in [-0.39, 0.29) is 23.0 Å². The minimum atomic E-state index is -1.10. The van der Waals surface area contributed by atoms with Gasteiger partial charge in [0.1, 0.15) is 5.69 Å². The number of nitro benzene ring substituents is 1. The van der Waals surface area contributed by atoms with Crippen LogP contribution in [0.3, 0.4) is 0 Å². The highest BCUT2D eigenvalue weighted by molar-refractivity contribution is 5.90. The number of nitrogens with zero attached hydrogens (tertiary/aromatic N) is 2. The van der Waals surface area contributed by atoms with E-state index < -0.39 is 10.9 Å². The van der Waals surface area contributed by atoms with Crippen molar-refractivity contribution in [2.75, 3.05) is 25.0 Å². The predicted octanol–water partition coefficient (Wildman–Crippen LogP) is 2.19. The maximum atomic E-state index is 11.0. The second-order valence-electron chi connectivity index (χ2n) is 5.35. The number of anilines is 1. The quantitative estimate of drug-likeness (QED) is 0.616. The summed E-state index contributed by atoms with van der Waals surface area (Å²) in [5.41, 5.74) is 0.191. The number of carboxylic acids is 1. The standard InChI is InChI=1S/C14H19N3O4/c1-10(9-16-6-2-3-7-16)15-12-8-11(14(18)19)4-5-13(12)17(20)21/h4-5,8,10,15H,2-3,6-7,9H2,1H3,(H,18,19). The third-order valence-corrected chi connectivity index (χ3v) is 3.57. The average molecular weight is 293 g/mol. The lowest BCUT2D eigenvalue weighted by Gasteiger charge is -2.22. The van der Waals surface area contributed by atoms with E-state index >= 15 is 0 Å². The Bertz CT molecular complexity index is 541. The summed E-state index contributed by atoms with van der Waals surface area (Å²) >= 11 is 0. The molecule has 7 heteroatoms. The van der Waals surface area contributed by atoms with E-state index in [9.17, 15) is 14.9 Å². The minimum absolute atomic E-state index is 0.00541. The molecule has 2 N–H and O–H groups in total. The van der Waals surface area contributed by atoms with Crippen LogP contribution >= 0.6 is 0 Å². The molecule has 1 saturated heterocycles. The normalized spacial score (nSPS) is 16.6. The van der Waals surface area contributed by atoms with Gasteiger partial charge in [-0.15, -0.1) is 0 Å². The molecule has 0 aliphatic carbocycles. The summed E-state index contributed by atoms with van der Waals surface area (Å²) in [5.74, 6) is -1.10. The Kier molecular flexibility index (Phi) is 4.74. The van der Waals surface area contributed by atoms with E-state index in [4.69, 9.17) is 5.11 Å². The van der Waals surface area contributed by atoms with Gasteiger partial charge in [-0.1, -0.05) is 0 Å². The van der Waals surface area contributed by atoms with Crippen LogP contribution in [0.2, 0.25) is 0 Å². The van der Waals surface area contributed by atoms with Crippen LogP contribution < -0.4 is 5.32 Å². The van der Waals surface area contributed by atoms with Gasteiger partial charge in [0.25, 0.3) is 5.69 Å². The lowest BCUT2D eigenvalue weighted by molar-refractivity contribution is -0.384. The van der Waals surface area contributed by atoms with Crippen LogP contribution in [0.15, 0.2) is 18.2 Å². The van der Waals surface area contributed by atoms with Crippen molar-refractivity contribution in [2.45, 2.75) is 25.8 Å². The summed E-state index contributed by atoms with van der Waals surface area (Å²) in [7, 11) is 0. The molecule has 21 heavy (non-hydrogen) atoms. The fourth-order valence-corrected chi connectivity index (χ4v) is 2.61. The zero-order valence-electron chi connectivity index (χ0n) is 11.9. The molecule has 0 radical (unpaired) electrons. The molecule has 0 saturated carbocycles. The number of likely N-dealkylation sites (tertiary alicyclic amines) is 1. The van der Waals surface area contributed by atoms with Gasteiger partial charge in [-0.05, 0) is 45.0 Å². The molecule has 1 fully saturated rings. The van der Waals surface area contributed by atoms with Gasteiger partial charge in [0.15, 0.2) is 0 Å². The first-order valence-corrected chi connectivity index (χ1v) is 6.98. The number of benzene rings is 1. The Morgan fingerprint density at radius 2 is 2.14 bits per heavy atom. The summed E-state index contributed by atoms with van der Waals surface area (Å²) in [6.07, 6.45) is 2.36. The van der Waals surface area contributed by atoms with E-state index in [0.717, 1.165) is 19.6 Å². The maximum absolute atomic E-state index is 11.0. The number of hydrogen-bond donors (Lipinski definition) is 2. The van der Waals surface area contributed by atoms with Crippen molar-refractivity contribution in [1.82, 2.24) is 4.90 Å². The molecule has 0 amide bonds. The topological polar surface area (TPSA) is 95.7 Å². The number of nitrogens with one attached hydrogen (secondary N) is 1. The van der Waals surface area contributed by atoms with Crippen molar-refractivity contribution in [3.8, 4) is 0 Å². The second kappa shape index (κ2) is 6.53. The van der Waals surface area contributed by atoms with Crippen LogP contribution in [0, 0.1) is 10.1 Å². The maximum Gasteiger partial charge on any atom is 0.335 e. The lowest BCUT2D eigenvalue weighted by Crippen LogP contribution is -2.33. The average Bonchev–Trinajstić information content (AvgIpc) is 2.90. The second-order valence-corrected chi connectivity index (χ2v) is 5.35. The molecular formula is C14H19N3O4. The zero-order valence-corrected chi connectivity index (χ0v) is 11.9. The van der Waals surface area contributed by atoms with E-state index in [1.807, 2.05) is 6.92 Å². The number of rotatable bonds is 6. The number of nitro groups is 1. The molecule has 0 spiro atoms. The fraction of sp³-hybridized carbons (Fsp3) is 0.500. The highest BCUT2D eigenvalue weighted by Crippen LogP contribution is 2.26. The van der Waals surface area contributed by atoms with Crippen molar-refractivity contribution in [3.05, 3.63) is 33.9 Å². The van der Waals surface area contributed by atoms with Crippen LogP contribution in [-0.2, 0) is 0 Å². The molecule has 2 rings (SSSR count). The molecule has 1 aromatic rings. The van der Waals surface area contributed by atoms with Crippen molar-refractivity contribution < 1.29 is 14.8 Å². The van der Waals surface area contributed by atoms with Crippen molar-refractivity contribution in [3.63, 3.8) is 0 Å². The molecule has 1 aromatic carbocycles. The number of carboxylic acid groups (broad SMARTS) is 1. The minimum Gasteiger partial charge on any atom is -0.478 e. The molecule has 1 unspecified atom stereocenters. The first-order valence-electron chi connectivity index (χ1n) is 6.98. The molecule has 0 bridgehead atoms. The van der Waals surface area contributed by atoms with Crippen LogP contribution in [0.4, 0.5) is 11.4 Å². The molecule has 7 nitrogen and oxygen atoms in total. The predicted molar refractivity (Wildman–Crippen MR) is 78.8 cm³/mol. The molecule has 1 aliphatic heterocycles. The Hall–Kier alpha value is -2.15. The summed E-state index contributed by atoms with van der Waals surface area (Å²) in [5, 5.41) is 23.1.